The second-order valence-electron chi connectivity index (χ2n) is 8.36. The van der Waals surface area contributed by atoms with Gasteiger partial charge < -0.3 is 14.3 Å². The lowest BCUT2D eigenvalue weighted by Crippen LogP contribution is -2.41. The summed E-state index contributed by atoms with van der Waals surface area (Å²) >= 11 is 0. The molecule has 6 nitrogen and oxygen atoms in total. The lowest BCUT2D eigenvalue weighted by molar-refractivity contribution is 0.00578. The number of halogens is 1. The van der Waals surface area contributed by atoms with Crippen LogP contribution in [0.2, 0.25) is 0 Å². The molecule has 3 aromatic rings. The Morgan fingerprint density at radius 2 is 1.61 bits per heavy atom. The van der Waals surface area contributed by atoms with E-state index in [4.69, 9.17) is 9.31 Å². The normalized spacial score (nSPS) is 17.5. The van der Waals surface area contributed by atoms with Crippen LogP contribution in [0.15, 0.2) is 41.3 Å². The largest absolute Gasteiger partial charge is 0.494 e. The van der Waals surface area contributed by atoms with Crippen LogP contribution in [0, 0.1) is 5.82 Å². The number of nitrogens with one attached hydrogen (secondary N) is 1. The molecule has 4 rings (SSSR count). The van der Waals surface area contributed by atoms with Crippen LogP contribution in [0.3, 0.4) is 0 Å². The molecule has 0 radical (unpaired) electrons. The molecule has 1 aliphatic rings. The van der Waals surface area contributed by atoms with E-state index in [1.165, 1.54) is 12.1 Å². The Hall–Kier alpha value is -2.23. The maximum atomic E-state index is 14.5. The monoisotopic (exact) mass is 446 g/mol. The number of nitrogens with zero attached hydrogens (tertiary/aromatic N) is 1. The molecule has 1 aromatic heterocycles. The second-order valence-corrected chi connectivity index (χ2v) is 10.4. The predicted molar refractivity (Wildman–Crippen MR) is 122 cm³/mol. The fraction of sp³-hybridized carbons (Fsp3) is 0.409. The minimum absolute atomic E-state index is 0.0714. The van der Waals surface area contributed by atoms with Crippen molar-refractivity contribution in [3.8, 4) is 11.4 Å². The van der Waals surface area contributed by atoms with Gasteiger partial charge in [-0.2, -0.15) is 0 Å². The minimum atomic E-state index is -3.48. The maximum absolute atomic E-state index is 14.5. The van der Waals surface area contributed by atoms with E-state index in [1.807, 2.05) is 59.7 Å². The minimum Gasteiger partial charge on any atom is -0.399 e. The average Bonchev–Trinajstić information content (AvgIpc) is 3.19. The van der Waals surface area contributed by atoms with E-state index >= 15 is 0 Å². The Kier molecular flexibility index (Phi) is 6.08. The zero-order valence-corrected chi connectivity index (χ0v) is 19.7. The highest BCUT2D eigenvalue weighted by Gasteiger charge is 2.51. The van der Waals surface area contributed by atoms with Crippen molar-refractivity contribution in [2.45, 2.75) is 57.6 Å². The number of hydrogen-bond acceptors (Lipinski definition) is 5. The highest BCUT2D eigenvalue weighted by Crippen LogP contribution is 2.36. The van der Waals surface area contributed by atoms with Gasteiger partial charge in [-0.15, -0.1) is 0 Å². The lowest BCUT2D eigenvalue weighted by atomic mass is 9.79. The van der Waals surface area contributed by atoms with Crippen molar-refractivity contribution in [1.29, 1.82) is 0 Å². The van der Waals surface area contributed by atoms with Crippen LogP contribution in [0.1, 0.15) is 41.5 Å². The van der Waals surface area contributed by atoms with Gasteiger partial charge in [-0.1, -0.05) is 19.9 Å². The van der Waals surface area contributed by atoms with Crippen molar-refractivity contribution >= 4 is 33.5 Å². The summed E-state index contributed by atoms with van der Waals surface area (Å²) in [6.07, 6.45) is 1.04. The maximum Gasteiger partial charge on any atom is 0.494 e. The molecule has 1 saturated heterocycles. The van der Waals surface area contributed by atoms with Gasteiger partial charge in [0.2, 0.25) is 0 Å². The molecule has 0 atom stereocenters. The third-order valence-electron chi connectivity index (χ3n) is 5.66. The predicted octanol–water partition coefficient (Wildman–Crippen LogP) is 4.10. The number of aromatic nitrogens is 2. The van der Waals surface area contributed by atoms with Crippen LogP contribution in [-0.2, 0) is 19.1 Å². The molecule has 0 aliphatic carbocycles. The first-order chi connectivity index (χ1) is 14.4. The number of benzene rings is 2. The highest BCUT2D eigenvalue weighted by molar-refractivity contribution is 7.90. The van der Waals surface area contributed by atoms with Gasteiger partial charge in [0.05, 0.1) is 32.7 Å². The molecule has 0 saturated carbocycles. The van der Waals surface area contributed by atoms with Crippen LogP contribution >= 0.6 is 0 Å². The summed E-state index contributed by atoms with van der Waals surface area (Å²) < 4.78 is 49.9. The molecule has 1 fully saturated rings. The molecule has 0 bridgehead atoms. The first-order valence-electron chi connectivity index (χ1n) is 10.2. The van der Waals surface area contributed by atoms with E-state index in [2.05, 4.69) is 9.97 Å². The average molecular weight is 446 g/mol. The molecule has 2 aromatic carbocycles. The Balaban J connectivity index is 0.00000132. The smallest absolute Gasteiger partial charge is 0.399 e. The SMILES string of the molecule is CC.CC1(C)OB(c2ccc3nc(-c4ccc(S(C)(=O)=O)cc4F)[nH]c3c2)OC1(C)C. The molecule has 0 amide bonds. The van der Waals surface area contributed by atoms with E-state index in [1.54, 1.807) is 0 Å². The number of hydrogen-bond donors (Lipinski definition) is 1. The van der Waals surface area contributed by atoms with Crippen LogP contribution in [-0.4, -0.2) is 43.0 Å². The van der Waals surface area contributed by atoms with Gasteiger partial charge in [-0.25, -0.2) is 17.8 Å². The number of imidazole rings is 1. The van der Waals surface area contributed by atoms with Gasteiger partial charge in [0.25, 0.3) is 0 Å². The van der Waals surface area contributed by atoms with Crippen molar-refractivity contribution in [1.82, 2.24) is 9.97 Å². The van der Waals surface area contributed by atoms with Gasteiger partial charge in [-0.05, 0) is 63.5 Å². The van der Waals surface area contributed by atoms with Gasteiger partial charge in [0.1, 0.15) is 11.6 Å². The van der Waals surface area contributed by atoms with Crippen LogP contribution < -0.4 is 5.46 Å². The fourth-order valence-electron chi connectivity index (χ4n) is 3.20. The number of rotatable bonds is 3. The molecule has 2 heterocycles. The van der Waals surface area contributed by atoms with E-state index in [0.29, 0.717) is 16.9 Å². The van der Waals surface area contributed by atoms with Crippen molar-refractivity contribution < 1.29 is 22.1 Å². The van der Waals surface area contributed by atoms with Crippen molar-refractivity contribution in [2.75, 3.05) is 6.26 Å². The van der Waals surface area contributed by atoms with Gasteiger partial charge in [0, 0.05) is 6.26 Å². The lowest BCUT2D eigenvalue weighted by Gasteiger charge is -2.32. The number of aromatic amines is 1. The van der Waals surface area contributed by atoms with Gasteiger partial charge >= 0.3 is 7.12 Å². The Morgan fingerprint density at radius 3 is 2.16 bits per heavy atom. The Morgan fingerprint density at radius 1 is 1.00 bits per heavy atom. The molecule has 0 spiro atoms. The summed E-state index contributed by atoms with van der Waals surface area (Å²) in [6.45, 7) is 12.0. The third-order valence-corrected chi connectivity index (χ3v) is 6.77. The first-order valence-corrected chi connectivity index (χ1v) is 12.1. The molecule has 1 N–H and O–H groups in total. The molecule has 166 valence electrons. The van der Waals surface area contributed by atoms with Crippen molar-refractivity contribution in [2.24, 2.45) is 0 Å². The second kappa shape index (κ2) is 8.04. The quantitative estimate of drug-likeness (QED) is 0.613. The Labute approximate surface area is 183 Å². The number of H-pyrrole nitrogens is 1. The van der Waals surface area contributed by atoms with Crippen LogP contribution in [0.4, 0.5) is 4.39 Å². The molecule has 31 heavy (non-hydrogen) atoms. The molecule has 1 aliphatic heterocycles. The van der Waals surface area contributed by atoms with E-state index in [9.17, 15) is 12.8 Å². The van der Waals surface area contributed by atoms with Crippen LogP contribution in [0.25, 0.3) is 22.4 Å². The third kappa shape index (κ3) is 4.40. The van der Waals surface area contributed by atoms with Gasteiger partial charge in [0.15, 0.2) is 9.84 Å². The molecule has 9 heteroatoms. The highest BCUT2D eigenvalue weighted by atomic mass is 32.2. The van der Waals surface area contributed by atoms with E-state index in [-0.39, 0.29) is 10.5 Å². The zero-order valence-electron chi connectivity index (χ0n) is 18.9. The molecular formula is C22H28BFN2O4S. The summed E-state index contributed by atoms with van der Waals surface area (Å²) in [6, 6.07) is 9.36. The molecule has 0 unspecified atom stereocenters. The summed E-state index contributed by atoms with van der Waals surface area (Å²) in [5, 5.41) is 0. The summed E-state index contributed by atoms with van der Waals surface area (Å²) in [4.78, 5) is 7.47. The van der Waals surface area contributed by atoms with Gasteiger partial charge in [-0.3, -0.25) is 0 Å². The summed E-state index contributed by atoms with van der Waals surface area (Å²) in [5.74, 6) is -0.332. The summed E-state index contributed by atoms with van der Waals surface area (Å²) in [7, 11) is -3.99. The standard InChI is InChI=1S/C20H22BFN2O4S.C2H6/c1-19(2)20(3,4)28-21(27-19)12-6-9-16-17(10-12)24-18(23-16)14-8-7-13(11-15(14)22)29(5,25)26;1-2/h6-11H,1-5H3,(H,23,24);1-2H3. The van der Waals surface area contributed by atoms with Crippen LogP contribution in [0.5, 0.6) is 0 Å². The van der Waals surface area contributed by atoms with Crippen molar-refractivity contribution in [3.63, 3.8) is 0 Å². The van der Waals surface area contributed by atoms with E-state index < -0.39 is 34.0 Å². The zero-order chi connectivity index (χ0) is 23.2. The van der Waals surface area contributed by atoms with E-state index in [0.717, 1.165) is 17.8 Å². The van der Waals surface area contributed by atoms with Crippen molar-refractivity contribution in [3.05, 3.63) is 42.2 Å². The number of sulfone groups is 1. The summed E-state index contributed by atoms with van der Waals surface area (Å²) in [5.41, 5.74) is 1.50. The fourth-order valence-corrected chi connectivity index (χ4v) is 3.83. The topological polar surface area (TPSA) is 81.3 Å². The number of fused-ring (bicyclic) bond motifs is 1. The molecular weight excluding hydrogens is 418 g/mol. The first kappa shape index (κ1) is 23.4. The Bertz CT molecular complexity index is 1210.